The van der Waals surface area contributed by atoms with Crippen LogP contribution in [0.4, 0.5) is 0 Å². The summed E-state index contributed by atoms with van der Waals surface area (Å²) in [6.07, 6.45) is 0.477. The number of amides is 1. The Morgan fingerprint density at radius 2 is 2.05 bits per heavy atom. The first kappa shape index (κ1) is 14.9. The Labute approximate surface area is 123 Å². The molecule has 1 aromatic rings. The fraction of sp³-hybridized carbons (Fsp3) is 0.467. The molecule has 4 nitrogen and oxygen atoms in total. The Hall–Kier alpha value is -1.49. The number of hydrogen-bond donors (Lipinski definition) is 1. The third kappa shape index (κ3) is 3.15. The van der Waals surface area contributed by atoms with Gasteiger partial charge in [0.05, 0.1) is 5.75 Å². The van der Waals surface area contributed by atoms with Gasteiger partial charge in [0.25, 0.3) is 0 Å². The number of carboxylic acids is 1. The zero-order valence-electron chi connectivity index (χ0n) is 11.7. The second-order valence-electron chi connectivity index (χ2n) is 5.36. The molecule has 1 N–H and O–H groups in total. The molecule has 0 aliphatic carbocycles. The van der Waals surface area contributed by atoms with Crippen molar-refractivity contribution in [1.82, 2.24) is 4.90 Å². The number of rotatable bonds is 5. The normalized spacial score (nSPS) is 20.4. The van der Waals surface area contributed by atoms with Crippen LogP contribution in [0.2, 0.25) is 0 Å². The minimum atomic E-state index is -0.921. The van der Waals surface area contributed by atoms with E-state index in [2.05, 4.69) is 0 Å². The molecular weight excluding hydrogens is 274 g/mol. The van der Waals surface area contributed by atoms with Crippen molar-refractivity contribution < 1.29 is 14.7 Å². The highest BCUT2D eigenvalue weighted by Gasteiger charge is 2.40. The number of benzene rings is 1. The SMILES string of the molecule is CC(C)CC(C(=O)O)N1C(=O)CSC1c1ccccc1. The van der Waals surface area contributed by atoms with Crippen LogP contribution >= 0.6 is 11.8 Å². The maximum absolute atomic E-state index is 12.1. The number of thioether (sulfide) groups is 1. The van der Waals surface area contributed by atoms with E-state index in [4.69, 9.17) is 0 Å². The molecule has 0 aromatic heterocycles. The third-order valence-electron chi connectivity index (χ3n) is 3.31. The largest absolute Gasteiger partial charge is 0.480 e. The average molecular weight is 293 g/mol. The van der Waals surface area contributed by atoms with E-state index in [1.54, 1.807) is 4.90 Å². The highest BCUT2D eigenvalue weighted by Crippen LogP contribution is 2.40. The lowest BCUT2D eigenvalue weighted by atomic mass is 10.0. The van der Waals surface area contributed by atoms with Crippen molar-refractivity contribution in [2.75, 3.05) is 5.75 Å². The lowest BCUT2D eigenvalue weighted by molar-refractivity contribution is -0.150. The summed E-state index contributed by atoms with van der Waals surface area (Å²) in [5.74, 6) is -0.431. The van der Waals surface area contributed by atoms with E-state index in [0.717, 1.165) is 5.56 Å². The molecule has 2 rings (SSSR count). The first-order valence-corrected chi connectivity index (χ1v) is 7.76. The van der Waals surface area contributed by atoms with Crippen LogP contribution in [0.5, 0.6) is 0 Å². The first-order chi connectivity index (χ1) is 9.50. The molecule has 1 fully saturated rings. The van der Waals surface area contributed by atoms with Crippen molar-refractivity contribution in [3.05, 3.63) is 35.9 Å². The summed E-state index contributed by atoms with van der Waals surface area (Å²) in [4.78, 5) is 25.2. The minimum absolute atomic E-state index is 0.0862. The van der Waals surface area contributed by atoms with Crippen molar-refractivity contribution in [2.24, 2.45) is 5.92 Å². The minimum Gasteiger partial charge on any atom is -0.480 e. The molecule has 1 heterocycles. The van der Waals surface area contributed by atoms with E-state index in [9.17, 15) is 14.7 Å². The topological polar surface area (TPSA) is 57.6 Å². The van der Waals surface area contributed by atoms with Gasteiger partial charge in [0.15, 0.2) is 0 Å². The van der Waals surface area contributed by atoms with Crippen LogP contribution in [-0.4, -0.2) is 33.7 Å². The van der Waals surface area contributed by atoms with Gasteiger partial charge in [-0.1, -0.05) is 44.2 Å². The molecule has 2 atom stereocenters. The maximum atomic E-state index is 12.1. The summed E-state index contributed by atoms with van der Waals surface area (Å²) < 4.78 is 0. The van der Waals surface area contributed by atoms with Gasteiger partial charge < -0.3 is 10.0 Å². The summed E-state index contributed by atoms with van der Waals surface area (Å²) in [7, 11) is 0. The molecule has 108 valence electrons. The fourth-order valence-corrected chi connectivity index (χ4v) is 3.65. The summed E-state index contributed by atoms with van der Waals surface area (Å²) in [5.41, 5.74) is 0.985. The van der Waals surface area contributed by atoms with Gasteiger partial charge in [-0.05, 0) is 17.9 Å². The fourth-order valence-electron chi connectivity index (χ4n) is 2.43. The van der Waals surface area contributed by atoms with E-state index in [-0.39, 0.29) is 17.2 Å². The van der Waals surface area contributed by atoms with E-state index >= 15 is 0 Å². The van der Waals surface area contributed by atoms with Gasteiger partial charge in [-0.2, -0.15) is 0 Å². The lowest BCUT2D eigenvalue weighted by Gasteiger charge is -2.31. The summed E-state index contributed by atoms with van der Waals surface area (Å²) in [6, 6.07) is 8.87. The number of aliphatic carboxylic acids is 1. The van der Waals surface area contributed by atoms with Gasteiger partial charge in [-0.3, -0.25) is 4.79 Å². The van der Waals surface area contributed by atoms with Crippen molar-refractivity contribution >= 4 is 23.6 Å². The van der Waals surface area contributed by atoms with Crippen molar-refractivity contribution in [3.63, 3.8) is 0 Å². The van der Waals surface area contributed by atoms with Gasteiger partial charge in [0.1, 0.15) is 11.4 Å². The summed E-state index contributed by atoms with van der Waals surface area (Å²) in [6.45, 7) is 3.95. The smallest absolute Gasteiger partial charge is 0.326 e. The first-order valence-electron chi connectivity index (χ1n) is 6.71. The average Bonchev–Trinajstić information content (AvgIpc) is 2.78. The zero-order chi connectivity index (χ0) is 14.7. The zero-order valence-corrected chi connectivity index (χ0v) is 12.5. The van der Waals surface area contributed by atoms with Crippen LogP contribution < -0.4 is 0 Å². The summed E-state index contributed by atoms with van der Waals surface area (Å²) in [5, 5.41) is 9.27. The van der Waals surface area contributed by atoms with Crippen LogP contribution in [0.15, 0.2) is 30.3 Å². The molecule has 2 unspecified atom stereocenters. The molecule has 20 heavy (non-hydrogen) atoms. The Morgan fingerprint density at radius 3 is 2.60 bits per heavy atom. The monoisotopic (exact) mass is 293 g/mol. The third-order valence-corrected chi connectivity index (χ3v) is 4.53. The van der Waals surface area contributed by atoms with Crippen molar-refractivity contribution in [3.8, 4) is 0 Å². The molecule has 1 aliphatic heterocycles. The van der Waals surface area contributed by atoms with Gasteiger partial charge in [-0.25, -0.2) is 4.79 Å². The molecule has 0 saturated carbocycles. The van der Waals surface area contributed by atoms with E-state index < -0.39 is 12.0 Å². The molecule has 0 radical (unpaired) electrons. The molecule has 5 heteroatoms. The van der Waals surface area contributed by atoms with Crippen LogP contribution in [0, 0.1) is 5.92 Å². The number of hydrogen-bond acceptors (Lipinski definition) is 3. The van der Waals surface area contributed by atoms with Gasteiger partial charge >= 0.3 is 5.97 Å². The van der Waals surface area contributed by atoms with Crippen LogP contribution in [0.1, 0.15) is 31.2 Å². The van der Waals surface area contributed by atoms with E-state index in [0.29, 0.717) is 12.2 Å². The molecular formula is C15H19NO3S. The quantitative estimate of drug-likeness (QED) is 0.907. The molecule has 0 spiro atoms. The Morgan fingerprint density at radius 1 is 1.40 bits per heavy atom. The van der Waals surface area contributed by atoms with E-state index in [1.165, 1.54) is 11.8 Å². The Kier molecular flexibility index (Phi) is 4.70. The van der Waals surface area contributed by atoms with Gasteiger partial charge in [0, 0.05) is 0 Å². The number of nitrogens with zero attached hydrogens (tertiary/aromatic N) is 1. The molecule has 1 amide bonds. The van der Waals surface area contributed by atoms with Crippen LogP contribution in [0.25, 0.3) is 0 Å². The lowest BCUT2D eigenvalue weighted by Crippen LogP contribution is -2.44. The van der Waals surface area contributed by atoms with Crippen molar-refractivity contribution in [1.29, 1.82) is 0 Å². The Bertz CT molecular complexity index is 489. The van der Waals surface area contributed by atoms with Crippen molar-refractivity contribution in [2.45, 2.75) is 31.7 Å². The van der Waals surface area contributed by atoms with Crippen LogP contribution in [-0.2, 0) is 9.59 Å². The number of carboxylic acid groups (broad SMARTS) is 1. The highest BCUT2D eigenvalue weighted by atomic mass is 32.2. The van der Waals surface area contributed by atoms with Crippen LogP contribution in [0.3, 0.4) is 0 Å². The highest BCUT2D eigenvalue weighted by molar-refractivity contribution is 8.00. The number of carbonyl (C=O) groups is 2. The second kappa shape index (κ2) is 6.31. The van der Waals surface area contributed by atoms with Gasteiger partial charge in [-0.15, -0.1) is 11.8 Å². The predicted molar refractivity (Wildman–Crippen MR) is 79.4 cm³/mol. The number of carbonyl (C=O) groups excluding carboxylic acids is 1. The molecule has 1 aliphatic rings. The molecule has 1 aromatic carbocycles. The predicted octanol–water partition coefficient (Wildman–Crippen LogP) is 2.76. The second-order valence-corrected chi connectivity index (χ2v) is 6.43. The Balaban J connectivity index is 2.29. The summed E-state index contributed by atoms with van der Waals surface area (Å²) >= 11 is 1.50. The van der Waals surface area contributed by atoms with E-state index in [1.807, 2.05) is 44.2 Å². The maximum Gasteiger partial charge on any atom is 0.326 e. The van der Waals surface area contributed by atoms with Gasteiger partial charge in [0.2, 0.25) is 5.91 Å². The standard InChI is InChI=1S/C15H19NO3S/c1-10(2)8-12(15(18)19)16-13(17)9-20-14(16)11-6-4-3-5-7-11/h3-7,10,12,14H,8-9H2,1-2H3,(H,18,19). The molecule has 0 bridgehead atoms. The molecule has 1 saturated heterocycles.